The zero-order valence-electron chi connectivity index (χ0n) is 22.7. The van der Waals surface area contributed by atoms with Crippen molar-refractivity contribution < 1.29 is 24.5 Å². The minimum atomic E-state index is -0.694. The molecular weight excluding hydrogens is 502 g/mol. The summed E-state index contributed by atoms with van der Waals surface area (Å²) >= 11 is 1.43. The number of hydrogen-bond donors (Lipinski definition) is 3. The fraction of sp³-hybridized carbons (Fsp3) is 0.552. The number of anilines is 1. The molecule has 1 aromatic heterocycles. The Kier molecular flexibility index (Phi) is 8.30. The van der Waals surface area contributed by atoms with Crippen molar-refractivity contribution >= 4 is 28.3 Å². The molecule has 4 rings (SSSR count). The van der Waals surface area contributed by atoms with Crippen molar-refractivity contribution in [3.63, 3.8) is 0 Å². The SMILES string of the molecule is C=CCN(C)C(=O)CC1c2nc(NC(=O)Cc3ccc(OC)cc3)sc2CC2C(C)(CO)C(O)CCC12C. The first-order valence-electron chi connectivity index (χ1n) is 13.1. The second-order valence-electron chi connectivity index (χ2n) is 11.2. The Morgan fingerprint density at radius 3 is 2.66 bits per heavy atom. The normalized spacial score (nSPS) is 28.1. The standard InChI is InChI=1S/C29H39N3O5S/c1-6-13-32(4)25(36)15-20-26-21(16-22-28(20,2)12-11-23(34)29(22,3)17-33)38-27(31-26)30-24(35)14-18-7-9-19(37-5)10-8-18/h6-10,20,22-23,33-34H,1,11-17H2,2-5H3,(H,30,31,35). The number of benzene rings is 1. The molecule has 0 aliphatic heterocycles. The molecule has 2 amide bonds. The number of nitrogens with one attached hydrogen (secondary N) is 1. The van der Waals surface area contributed by atoms with Crippen LogP contribution in [0.1, 0.15) is 55.2 Å². The number of rotatable bonds is 9. The first-order valence-corrected chi connectivity index (χ1v) is 13.9. The van der Waals surface area contributed by atoms with Crippen LogP contribution in [0.4, 0.5) is 5.13 Å². The predicted molar refractivity (Wildman–Crippen MR) is 148 cm³/mol. The highest BCUT2D eigenvalue weighted by atomic mass is 32.1. The number of thiazole rings is 1. The number of aliphatic hydroxyl groups excluding tert-OH is 2. The van der Waals surface area contributed by atoms with Crippen LogP contribution in [-0.4, -0.2) is 65.3 Å². The van der Waals surface area contributed by atoms with E-state index >= 15 is 0 Å². The number of aromatic nitrogens is 1. The van der Waals surface area contributed by atoms with Crippen LogP contribution in [0.2, 0.25) is 0 Å². The van der Waals surface area contributed by atoms with E-state index < -0.39 is 11.5 Å². The summed E-state index contributed by atoms with van der Waals surface area (Å²) < 4.78 is 5.19. The molecule has 2 aliphatic carbocycles. The van der Waals surface area contributed by atoms with Crippen LogP contribution in [-0.2, 0) is 22.4 Å². The van der Waals surface area contributed by atoms with Gasteiger partial charge in [-0.05, 0) is 48.3 Å². The molecule has 206 valence electrons. The average molecular weight is 542 g/mol. The number of carbonyl (C=O) groups is 2. The van der Waals surface area contributed by atoms with Gasteiger partial charge in [-0.15, -0.1) is 17.9 Å². The van der Waals surface area contributed by atoms with Crippen LogP contribution in [0.3, 0.4) is 0 Å². The summed E-state index contributed by atoms with van der Waals surface area (Å²) in [7, 11) is 3.37. The summed E-state index contributed by atoms with van der Waals surface area (Å²) in [5, 5.41) is 24.8. The number of carbonyl (C=O) groups excluding carboxylic acids is 2. The number of ether oxygens (including phenoxy) is 1. The van der Waals surface area contributed by atoms with Gasteiger partial charge >= 0.3 is 0 Å². The Balaban J connectivity index is 1.64. The van der Waals surface area contributed by atoms with Crippen molar-refractivity contribution in [1.82, 2.24) is 9.88 Å². The van der Waals surface area contributed by atoms with Crippen molar-refractivity contribution in [3.05, 3.63) is 53.1 Å². The minimum Gasteiger partial charge on any atom is -0.497 e. The lowest BCUT2D eigenvalue weighted by molar-refractivity contribution is -0.146. The van der Waals surface area contributed by atoms with Gasteiger partial charge < -0.3 is 25.2 Å². The monoisotopic (exact) mass is 541 g/mol. The van der Waals surface area contributed by atoms with Crippen LogP contribution in [0.15, 0.2) is 36.9 Å². The number of nitrogens with zero attached hydrogens (tertiary/aromatic N) is 2. The topological polar surface area (TPSA) is 112 Å². The lowest BCUT2D eigenvalue weighted by Crippen LogP contribution is -2.57. The highest BCUT2D eigenvalue weighted by Crippen LogP contribution is 2.62. The van der Waals surface area contributed by atoms with Gasteiger partial charge in [0.15, 0.2) is 5.13 Å². The fourth-order valence-corrected chi connectivity index (χ4v) is 7.50. The van der Waals surface area contributed by atoms with Crippen LogP contribution in [0, 0.1) is 16.7 Å². The van der Waals surface area contributed by atoms with E-state index in [4.69, 9.17) is 9.72 Å². The third-order valence-corrected chi connectivity index (χ3v) is 9.88. The largest absolute Gasteiger partial charge is 0.497 e. The van der Waals surface area contributed by atoms with E-state index in [1.165, 1.54) is 11.3 Å². The lowest BCUT2D eigenvalue weighted by atomic mass is 9.47. The maximum absolute atomic E-state index is 13.2. The van der Waals surface area contributed by atoms with Crippen LogP contribution < -0.4 is 10.1 Å². The summed E-state index contributed by atoms with van der Waals surface area (Å²) in [5.74, 6) is 0.326. The van der Waals surface area contributed by atoms with Gasteiger partial charge in [-0.25, -0.2) is 4.98 Å². The Bertz CT molecular complexity index is 1180. The quantitative estimate of drug-likeness (QED) is 0.417. The summed E-state index contributed by atoms with van der Waals surface area (Å²) in [6.45, 7) is 8.19. The molecule has 0 bridgehead atoms. The zero-order chi connectivity index (χ0) is 27.7. The third kappa shape index (κ3) is 5.24. The van der Waals surface area contributed by atoms with Gasteiger partial charge in [0.05, 0.1) is 31.9 Å². The van der Waals surface area contributed by atoms with E-state index in [1.807, 2.05) is 31.2 Å². The van der Waals surface area contributed by atoms with Gasteiger partial charge in [0.2, 0.25) is 11.8 Å². The van der Waals surface area contributed by atoms with E-state index in [9.17, 15) is 19.8 Å². The van der Waals surface area contributed by atoms with Crippen molar-refractivity contribution in [2.45, 2.75) is 58.0 Å². The van der Waals surface area contributed by atoms with Crippen molar-refractivity contribution in [3.8, 4) is 5.75 Å². The molecule has 9 heteroatoms. The van der Waals surface area contributed by atoms with Crippen LogP contribution in [0.5, 0.6) is 5.75 Å². The summed E-state index contributed by atoms with van der Waals surface area (Å²) in [6, 6.07) is 7.37. The lowest BCUT2D eigenvalue weighted by Gasteiger charge is -2.58. The molecule has 0 spiro atoms. The minimum absolute atomic E-state index is 0.00219. The fourth-order valence-electron chi connectivity index (χ4n) is 6.42. The van der Waals surface area contributed by atoms with Gasteiger partial charge in [0, 0.05) is 36.2 Å². The summed E-state index contributed by atoms with van der Waals surface area (Å²) in [5.41, 5.74) is 0.684. The van der Waals surface area contributed by atoms with Crippen LogP contribution >= 0.6 is 11.3 Å². The molecular formula is C29H39N3O5S. The van der Waals surface area contributed by atoms with E-state index in [0.717, 1.165) is 28.3 Å². The predicted octanol–water partition coefficient (Wildman–Crippen LogP) is 3.78. The van der Waals surface area contributed by atoms with E-state index in [2.05, 4.69) is 18.8 Å². The van der Waals surface area contributed by atoms with Crippen molar-refractivity contribution in [2.24, 2.45) is 16.7 Å². The molecule has 0 saturated heterocycles. The molecule has 1 heterocycles. The first kappa shape index (κ1) is 28.3. The van der Waals surface area contributed by atoms with E-state index in [-0.39, 0.29) is 48.5 Å². The highest BCUT2D eigenvalue weighted by Gasteiger charge is 2.59. The molecule has 3 N–H and O–H groups in total. The Labute approximate surface area is 228 Å². The van der Waals surface area contributed by atoms with Crippen molar-refractivity contribution in [1.29, 1.82) is 0 Å². The number of hydrogen-bond acceptors (Lipinski definition) is 7. The molecule has 38 heavy (non-hydrogen) atoms. The molecule has 8 nitrogen and oxygen atoms in total. The van der Waals surface area contributed by atoms with Gasteiger partial charge in [-0.3, -0.25) is 9.59 Å². The highest BCUT2D eigenvalue weighted by molar-refractivity contribution is 7.15. The van der Waals surface area contributed by atoms with Gasteiger partial charge in [0.25, 0.3) is 0 Å². The van der Waals surface area contributed by atoms with Crippen molar-refractivity contribution in [2.75, 3.05) is 32.6 Å². The smallest absolute Gasteiger partial charge is 0.230 e. The maximum atomic E-state index is 13.2. The molecule has 2 aliphatic rings. The Morgan fingerprint density at radius 2 is 2.03 bits per heavy atom. The average Bonchev–Trinajstić information content (AvgIpc) is 3.29. The van der Waals surface area contributed by atoms with E-state index in [0.29, 0.717) is 24.5 Å². The second-order valence-corrected chi connectivity index (χ2v) is 12.3. The summed E-state index contributed by atoms with van der Waals surface area (Å²) in [4.78, 5) is 33.6. The van der Waals surface area contributed by atoms with Gasteiger partial charge in [-0.2, -0.15) is 0 Å². The number of methoxy groups -OCH3 is 1. The van der Waals surface area contributed by atoms with Gasteiger partial charge in [0.1, 0.15) is 5.75 Å². The summed E-state index contributed by atoms with van der Waals surface area (Å²) in [6.07, 6.45) is 3.48. The number of aliphatic hydroxyl groups is 2. The Hall–Kier alpha value is -2.75. The number of amides is 2. The van der Waals surface area contributed by atoms with Crippen LogP contribution in [0.25, 0.3) is 0 Å². The third-order valence-electron chi connectivity index (χ3n) is 8.87. The number of fused-ring (bicyclic) bond motifs is 2. The Morgan fingerprint density at radius 1 is 1.32 bits per heavy atom. The first-order chi connectivity index (χ1) is 18.0. The second kappa shape index (κ2) is 11.2. The molecule has 1 saturated carbocycles. The molecule has 2 aromatic rings. The molecule has 1 aromatic carbocycles. The molecule has 1 fully saturated rings. The molecule has 0 radical (unpaired) electrons. The maximum Gasteiger partial charge on any atom is 0.230 e. The molecule has 5 atom stereocenters. The van der Waals surface area contributed by atoms with E-state index in [1.54, 1.807) is 25.1 Å². The van der Waals surface area contributed by atoms with Gasteiger partial charge in [-0.1, -0.05) is 32.1 Å². The molecule has 5 unspecified atom stereocenters. The zero-order valence-corrected chi connectivity index (χ0v) is 23.5. The number of likely N-dealkylation sites (N-methyl/N-ethyl adjacent to an activating group) is 1.